The number of carbonyl (C=O) groups is 1. The van der Waals surface area contributed by atoms with Crippen LogP contribution in [0.25, 0.3) is 0 Å². The molecule has 0 aliphatic heterocycles. The minimum absolute atomic E-state index is 0.316. The number of benzene rings is 3. The summed E-state index contributed by atoms with van der Waals surface area (Å²) in [6.07, 6.45) is 0. The molecule has 6 heteroatoms. The number of halogens is 2. The zero-order chi connectivity index (χ0) is 21.9. The van der Waals surface area contributed by atoms with Crippen molar-refractivity contribution in [3.63, 3.8) is 0 Å². The Morgan fingerprint density at radius 2 is 1.20 bits per heavy atom. The zero-order valence-electron chi connectivity index (χ0n) is 17.5. The van der Waals surface area contributed by atoms with E-state index in [2.05, 4.69) is 19.6 Å². The average Bonchev–Trinajstić information content (AvgIpc) is 2.74. The Balaban J connectivity index is 1.96. The summed E-state index contributed by atoms with van der Waals surface area (Å²) in [5, 5.41) is -1.17. The van der Waals surface area contributed by atoms with Crippen molar-refractivity contribution in [3.05, 3.63) is 90.5 Å². The summed E-state index contributed by atoms with van der Waals surface area (Å²) in [6.45, 7) is 7.22. The molecule has 0 atom stereocenters. The van der Waals surface area contributed by atoms with Crippen LogP contribution in [0, 0.1) is 0 Å². The molecule has 3 aromatic rings. The Morgan fingerprint density at radius 1 is 0.767 bits per heavy atom. The van der Waals surface area contributed by atoms with Crippen molar-refractivity contribution in [2.75, 3.05) is 6.61 Å². The molecule has 0 amide bonds. The molecule has 0 aliphatic rings. The van der Waals surface area contributed by atoms with Crippen LogP contribution in [0.3, 0.4) is 0 Å². The van der Waals surface area contributed by atoms with E-state index in [1.165, 1.54) is 0 Å². The second-order valence-electron chi connectivity index (χ2n) is 8.57. The summed E-state index contributed by atoms with van der Waals surface area (Å²) in [5.41, 5.74) is 0.502. The minimum atomic E-state index is -3.69. The molecular weight excluding hydrogens is 450 g/mol. The standard InChI is InChI=1S/C24H27Cl2O2PSi/c1-30(2,3)19-18-28-24(27)20-14-16-23(17-15-20)29(25,26,21-10-6-4-7-11-21)22-12-8-5-9-13-22/h4-17H,18-19H2,1-3H3. The quantitative estimate of drug-likeness (QED) is 0.226. The Morgan fingerprint density at radius 3 is 1.63 bits per heavy atom. The zero-order valence-corrected chi connectivity index (χ0v) is 20.9. The first-order chi connectivity index (χ1) is 14.1. The van der Waals surface area contributed by atoms with Crippen LogP contribution >= 0.6 is 27.8 Å². The van der Waals surface area contributed by atoms with Gasteiger partial charge in [-0.1, -0.05) is 0 Å². The van der Waals surface area contributed by atoms with Gasteiger partial charge in [0.1, 0.15) is 0 Å². The average molecular weight is 477 g/mol. The van der Waals surface area contributed by atoms with Crippen LogP contribution in [0.1, 0.15) is 10.4 Å². The molecule has 0 N–H and O–H groups in total. The molecule has 3 rings (SSSR count). The molecule has 30 heavy (non-hydrogen) atoms. The fraction of sp³-hybridized carbons (Fsp3) is 0.208. The van der Waals surface area contributed by atoms with Crippen LogP contribution in [-0.4, -0.2) is 20.7 Å². The number of rotatable bonds is 7. The van der Waals surface area contributed by atoms with Crippen LogP contribution in [-0.2, 0) is 4.74 Å². The maximum absolute atomic E-state index is 12.4. The number of carbonyl (C=O) groups excluding carboxylic acids is 1. The first kappa shape index (κ1) is 23.0. The molecule has 0 bridgehead atoms. The summed E-state index contributed by atoms with van der Waals surface area (Å²) in [5.74, 6) is -0.316. The maximum atomic E-state index is 12.4. The molecule has 0 saturated heterocycles. The molecule has 0 aromatic heterocycles. The van der Waals surface area contributed by atoms with Gasteiger partial charge in [-0.15, -0.1) is 0 Å². The van der Waals surface area contributed by atoms with Crippen LogP contribution in [0.5, 0.6) is 0 Å². The van der Waals surface area contributed by atoms with E-state index in [1.807, 2.05) is 72.8 Å². The van der Waals surface area contributed by atoms with Crippen LogP contribution in [0.2, 0.25) is 25.7 Å². The van der Waals surface area contributed by atoms with Crippen molar-refractivity contribution in [1.82, 2.24) is 0 Å². The van der Waals surface area contributed by atoms with Gasteiger partial charge in [0.15, 0.2) is 0 Å². The monoisotopic (exact) mass is 476 g/mol. The van der Waals surface area contributed by atoms with Crippen molar-refractivity contribution < 1.29 is 9.53 Å². The Kier molecular flexibility index (Phi) is 6.79. The molecular formula is C24H27Cl2O2PSi. The number of ether oxygens (including phenoxy) is 1. The van der Waals surface area contributed by atoms with Gasteiger partial charge in [0.2, 0.25) is 0 Å². The summed E-state index contributed by atoms with van der Waals surface area (Å²) < 4.78 is 5.46. The predicted molar refractivity (Wildman–Crippen MR) is 135 cm³/mol. The van der Waals surface area contributed by atoms with Gasteiger partial charge in [0.05, 0.1) is 0 Å². The third-order valence-electron chi connectivity index (χ3n) is 5.06. The van der Waals surface area contributed by atoms with E-state index >= 15 is 0 Å². The van der Waals surface area contributed by atoms with Gasteiger partial charge in [-0.25, -0.2) is 0 Å². The Hall–Kier alpha value is -1.64. The van der Waals surface area contributed by atoms with Crippen molar-refractivity contribution >= 4 is 57.7 Å². The topological polar surface area (TPSA) is 26.3 Å². The fourth-order valence-electron chi connectivity index (χ4n) is 3.22. The molecule has 0 spiro atoms. The van der Waals surface area contributed by atoms with E-state index < -0.39 is 13.4 Å². The molecule has 0 heterocycles. The van der Waals surface area contributed by atoms with Gasteiger partial charge in [-0.3, -0.25) is 0 Å². The second kappa shape index (κ2) is 8.84. The molecule has 0 aliphatic carbocycles. The number of hydrogen-bond acceptors (Lipinski definition) is 2. The van der Waals surface area contributed by atoms with E-state index in [-0.39, 0.29) is 5.97 Å². The number of hydrogen-bond donors (Lipinski definition) is 0. The fourth-order valence-corrected chi connectivity index (χ4v) is 8.92. The van der Waals surface area contributed by atoms with Crippen molar-refractivity contribution in [1.29, 1.82) is 0 Å². The Labute approximate surface area is 189 Å². The van der Waals surface area contributed by atoms with Crippen molar-refractivity contribution in [2.45, 2.75) is 25.7 Å². The predicted octanol–water partition coefficient (Wildman–Crippen LogP) is 6.32. The summed E-state index contributed by atoms with van der Waals surface area (Å²) >= 11 is 14.8. The molecule has 0 saturated carbocycles. The van der Waals surface area contributed by atoms with Crippen LogP contribution < -0.4 is 15.9 Å². The van der Waals surface area contributed by atoms with E-state index in [9.17, 15) is 4.79 Å². The second-order valence-corrected chi connectivity index (χ2v) is 22.1. The van der Waals surface area contributed by atoms with Crippen molar-refractivity contribution in [3.8, 4) is 0 Å². The van der Waals surface area contributed by atoms with E-state index in [4.69, 9.17) is 27.2 Å². The Bertz CT molecular complexity index is 957. The normalized spacial score (nSPS) is 13.3. The van der Waals surface area contributed by atoms with Gasteiger partial charge in [-0.2, -0.15) is 0 Å². The van der Waals surface area contributed by atoms with E-state index in [0.717, 1.165) is 22.0 Å². The molecule has 3 aromatic carbocycles. The van der Waals surface area contributed by atoms with E-state index in [0.29, 0.717) is 12.2 Å². The van der Waals surface area contributed by atoms with Crippen LogP contribution in [0.15, 0.2) is 84.9 Å². The van der Waals surface area contributed by atoms with Gasteiger partial charge >= 0.3 is 190 Å². The third-order valence-corrected chi connectivity index (χ3v) is 13.9. The molecule has 0 radical (unpaired) electrons. The SMILES string of the molecule is C[Si](C)(C)CCOC(=O)c1ccc(P(Cl)(Cl)(c2ccccc2)c2ccccc2)cc1. The summed E-state index contributed by atoms with van der Waals surface area (Å²) in [6, 6.07) is 27.6. The molecule has 2 nitrogen and oxygen atoms in total. The van der Waals surface area contributed by atoms with Crippen LogP contribution in [0.4, 0.5) is 0 Å². The van der Waals surface area contributed by atoms with Gasteiger partial charge in [0.25, 0.3) is 0 Å². The third kappa shape index (κ3) is 4.81. The first-order valence-electron chi connectivity index (χ1n) is 9.95. The van der Waals surface area contributed by atoms with E-state index in [1.54, 1.807) is 12.1 Å². The number of esters is 1. The van der Waals surface area contributed by atoms with Gasteiger partial charge in [0, 0.05) is 0 Å². The summed E-state index contributed by atoms with van der Waals surface area (Å²) in [4.78, 5) is 12.4. The molecule has 0 fully saturated rings. The van der Waals surface area contributed by atoms with Crippen molar-refractivity contribution in [2.24, 2.45) is 0 Å². The molecule has 0 unspecified atom stereocenters. The first-order valence-corrected chi connectivity index (χ1v) is 17.7. The van der Waals surface area contributed by atoms with Gasteiger partial charge < -0.3 is 0 Å². The molecule has 158 valence electrons. The van der Waals surface area contributed by atoms with Gasteiger partial charge in [-0.05, 0) is 0 Å². The summed E-state index contributed by atoms with van der Waals surface area (Å²) in [7, 11) is -1.25.